The van der Waals surface area contributed by atoms with Crippen LogP contribution in [0.25, 0.3) is 0 Å². The number of methoxy groups -OCH3 is 6. The molecule has 3 aromatic carbocycles. The summed E-state index contributed by atoms with van der Waals surface area (Å²) in [5, 5.41) is 0. The number of carbonyl (C=O) groups is 6. The molecule has 4 N–H and O–H groups in total. The zero-order chi connectivity index (χ0) is 46.5. The Morgan fingerprint density at radius 3 is 0.984 bits per heavy atom. The molecule has 0 bridgehead atoms. The molecule has 64 heavy (non-hydrogen) atoms. The topological polar surface area (TPSA) is 216 Å². The van der Waals surface area contributed by atoms with Gasteiger partial charge in [0.1, 0.15) is 34.5 Å². The summed E-state index contributed by atoms with van der Waals surface area (Å²) in [5.41, 5.74) is 12.9. The van der Waals surface area contributed by atoms with Crippen LogP contribution < -0.4 is 39.9 Å². The van der Waals surface area contributed by atoms with Gasteiger partial charge in [-0.2, -0.15) is 0 Å². The average Bonchev–Trinajstić information content (AvgIpc) is 3.33. The largest absolute Gasteiger partial charge is 0.496 e. The Morgan fingerprint density at radius 2 is 0.703 bits per heavy atom. The van der Waals surface area contributed by atoms with Crippen LogP contribution in [0.4, 0.5) is 0 Å². The molecule has 2 aliphatic rings. The SMILES string of the molecule is COc1cc(OC)c(C(=O)CC2CCN(C(=O)c3cc(C(=O)N4CCC(CC(=O)c5cc(C(=O)CCCN)c(OC)cc5OC)CC4)c(OC)cc3OC)CC2)cc1C(=O)CCCN. The Kier molecular flexibility index (Phi) is 17.7. The number of hydrogen-bond acceptors (Lipinski definition) is 14. The fourth-order valence-electron chi connectivity index (χ4n) is 8.46. The van der Waals surface area contributed by atoms with E-state index in [-0.39, 0.29) is 95.1 Å². The van der Waals surface area contributed by atoms with Crippen molar-refractivity contribution in [2.75, 3.05) is 81.9 Å². The maximum atomic E-state index is 14.1. The van der Waals surface area contributed by atoms with E-state index in [1.807, 2.05) is 0 Å². The van der Waals surface area contributed by atoms with Crippen molar-refractivity contribution in [2.45, 2.75) is 64.2 Å². The first-order valence-corrected chi connectivity index (χ1v) is 21.8. The van der Waals surface area contributed by atoms with E-state index in [0.29, 0.717) is 123 Å². The lowest BCUT2D eigenvalue weighted by atomic mass is 9.88. The first-order valence-electron chi connectivity index (χ1n) is 21.8. The number of ketones is 4. The Bertz CT molecular complexity index is 2040. The van der Waals surface area contributed by atoms with Crippen molar-refractivity contribution in [1.29, 1.82) is 0 Å². The first kappa shape index (κ1) is 49.0. The highest BCUT2D eigenvalue weighted by Gasteiger charge is 2.33. The second-order valence-electron chi connectivity index (χ2n) is 16.1. The molecule has 2 amide bonds. The summed E-state index contributed by atoms with van der Waals surface area (Å²) in [6.07, 6.45) is 4.08. The van der Waals surface area contributed by atoms with Crippen LogP contribution in [-0.2, 0) is 0 Å². The number of nitrogens with zero attached hydrogens (tertiary/aromatic N) is 2. The number of rotatable bonds is 22. The monoisotopic (exact) mass is 886 g/mol. The molecule has 2 aliphatic heterocycles. The minimum Gasteiger partial charge on any atom is -0.496 e. The third-order valence-corrected chi connectivity index (χ3v) is 12.2. The van der Waals surface area contributed by atoms with Gasteiger partial charge in [0.05, 0.1) is 76.0 Å². The third-order valence-electron chi connectivity index (χ3n) is 12.2. The Balaban J connectivity index is 1.23. The molecule has 0 spiro atoms. The molecule has 0 radical (unpaired) electrons. The molecular formula is C48H62N4O12. The number of ether oxygens (including phenoxy) is 6. The minimum absolute atomic E-state index is 0.0285. The van der Waals surface area contributed by atoms with E-state index >= 15 is 0 Å². The molecule has 0 unspecified atom stereocenters. The van der Waals surface area contributed by atoms with Gasteiger partial charge in [-0.15, -0.1) is 0 Å². The average molecular weight is 887 g/mol. The van der Waals surface area contributed by atoms with Gasteiger partial charge in [0.2, 0.25) is 0 Å². The number of hydrogen-bond donors (Lipinski definition) is 2. The lowest BCUT2D eigenvalue weighted by Crippen LogP contribution is -2.40. The molecule has 0 atom stereocenters. The molecule has 5 rings (SSSR count). The van der Waals surface area contributed by atoms with E-state index in [9.17, 15) is 28.8 Å². The van der Waals surface area contributed by atoms with E-state index in [1.54, 1.807) is 40.1 Å². The van der Waals surface area contributed by atoms with E-state index < -0.39 is 0 Å². The lowest BCUT2D eigenvalue weighted by Gasteiger charge is -2.33. The van der Waals surface area contributed by atoms with Crippen molar-refractivity contribution < 1.29 is 57.2 Å². The highest BCUT2D eigenvalue weighted by Crippen LogP contribution is 2.37. The van der Waals surface area contributed by atoms with Gasteiger partial charge >= 0.3 is 0 Å². The predicted octanol–water partition coefficient (Wildman–Crippen LogP) is 5.83. The van der Waals surface area contributed by atoms with Crippen molar-refractivity contribution in [2.24, 2.45) is 23.3 Å². The maximum absolute atomic E-state index is 14.1. The van der Waals surface area contributed by atoms with Crippen LogP contribution in [0, 0.1) is 11.8 Å². The van der Waals surface area contributed by atoms with Gasteiger partial charge < -0.3 is 49.7 Å². The Hall–Kier alpha value is -6.00. The quantitative estimate of drug-likeness (QED) is 0.114. The molecule has 16 heteroatoms. The van der Waals surface area contributed by atoms with Crippen LogP contribution in [0.1, 0.15) is 126 Å². The van der Waals surface area contributed by atoms with Crippen LogP contribution in [0.2, 0.25) is 0 Å². The summed E-state index contributed by atoms with van der Waals surface area (Å²) in [6.45, 7) is 2.22. The van der Waals surface area contributed by atoms with Gasteiger partial charge in [0, 0.05) is 70.1 Å². The standard InChI is InChI=1S/C48H62N4O12/c1-59-41-26-43(61-3)33(23-31(41)37(53)9-7-15-49)39(55)21-29-11-17-51(18-12-29)47(57)35-25-36(46(64-6)28-45(35)63-5)48(58)52-19-13-30(14-20-52)22-40(56)34-24-32(38(54)10-8-16-50)42(60-2)27-44(34)62-4/h23-30H,7-22,49-50H2,1-6H3. The predicted molar refractivity (Wildman–Crippen MR) is 239 cm³/mol. The second kappa shape index (κ2) is 23.1. The fourth-order valence-corrected chi connectivity index (χ4v) is 8.46. The number of nitrogens with two attached hydrogens (primary N) is 2. The number of carbonyl (C=O) groups excluding carboxylic acids is 6. The zero-order valence-electron chi connectivity index (χ0n) is 37.9. The van der Waals surface area contributed by atoms with Crippen LogP contribution >= 0.6 is 0 Å². The summed E-state index contributed by atoms with van der Waals surface area (Å²) >= 11 is 0. The summed E-state index contributed by atoms with van der Waals surface area (Å²) in [5.74, 6) is 0.422. The number of likely N-dealkylation sites (tertiary alicyclic amines) is 2. The van der Waals surface area contributed by atoms with Crippen molar-refractivity contribution in [3.63, 3.8) is 0 Å². The second-order valence-corrected chi connectivity index (χ2v) is 16.1. The molecule has 2 fully saturated rings. The fraction of sp³-hybridized carbons (Fsp3) is 0.500. The third kappa shape index (κ3) is 11.4. The van der Waals surface area contributed by atoms with E-state index in [0.717, 1.165) is 0 Å². The van der Waals surface area contributed by atoms with Crippen LogP contribution in [0.5, 0.6) is 34.5 Å². The van der Waals surface area contributed by atoms with Gasteiger partial charge in [-0.25, -0.2) is 0 Å². The van der Waals surface area contributed by atoms with E-state index in [2.05, 4.69) is 0 Å². The van der Waals surface area contributed by atoms with E-state index in [1.165, 1.54) is 48.7 Å². The van der Waals surface area contributed by atoms with Gasteiger partial charge in [-0.1, -0.05) is 0 Å². The van der Waals surface area contributed by atoms with Gasteiger partial charge in [-0.3, -0.25) is 28.8 Å². The van der Waals surface area contributed by atoms with Gasteiger partial charge in [-0.05, 0) is 81.6 Å². The molecule has 3 aromatic rings. The normalized spacial score (nSPS) is 14.4. The van der Waals surface area contributed by atoms with Gasteiger partial charge in [0.25, 0.3) is 11.8 Å². The Labute approximate surface area is 374 Å². The summed E-state index contributed by atoms with van der Waals surface area (Å²) in [7, 11) is 8.73. The van der Waals surface area contributed by atoms with Crippen molar-refractivity contribution >= 4 is 34.9 Å². The van der Waals surface area contributed by atoms with Crippen LogP contribution in [0.15, 0.2) is 36.4 Å². The van der Waals surface area contributed by atoms with Gasteiger partial charge in [0.15, 0.2) is 23.1 Å². The molecule has 2 saturated heterocycles. The van der Waals surface area contributed by atoms with E-state index in [4.69, 9.17) is 39.9 Å². The van der Waals surface area contributed by atoms with Crippen molar-refractivity contribution in [3.05, 3.63) is 69.8 Å². The molecule has 0 saturated carbocycles. The summed E-state index contributed by atoms with van der Waals surface area (Å²) in [6, 6.07) is 9.29. The van der Waals surface area contributed by atoms with Crippen molar-refractivity contribution in [3.8, 4) is 34.5 Å². The molecule has 16 nitrogen and oxygen atoms in total. The zero-order valence-corrected chi connectivity index (χ0v) is 37.9. The highest BCUT2D eigenvalue weighted by molar-refractivity contribution is 6.06. The Morgan fingerprint density at radius 1 is 0.438 bits per heavy atom. The molecule has 0 aromatic heterocycles. The lowest BCUT2D eigenvalue weighted by molar-refractivity contribution is 0.0675. The summed E-state index contributed by atoms with van der Waals surface area (Å²) in [4.78, 5) is 84.9. The number of amides is 2. The van der Waals surface area contributed by atoms with Crippen molar-refractivity contribution in [1.82, 2.24) is 9.80 Å². The van der Waals surface area contributed by atoms with Crippen LogP contribution in [0.3, 0.4) is 0 Å². The number of Topliss-reactive ketones (excluding diaryl/α,β-unsaturated/α-hetero) is 4. The maximum Gasteiger partial charge on any atom is 0.257 e. The first-order chi connectivity index (χ1) is 30.9. The number of piperidine rings is 2. The molecular weight excluding hydrogens is 825 g/mol. The molecule has 346 valence electrons. The minimum atomic E-state index is -0.314. The molecule has 0 aliphatic carbocycles. The summed E-state index contributed by atoms with van der Waals surface area (Å²) < 4.78 is 33.2. The smallest absolute Gasteiger partial charge is 0.257 e. The van der Waals surface area contributed by atoms with Crippen LogP contribution in [-0.4, -0.2) is 127 Å². The molecule has 2 heterocycles. The number of benzene rings is 3. The highest BCUT2D eigenvalue weighted by atomic mass is 16.5.